The van der Waals surface area contributed by atoms with E-state index in [9.17, 15) is 8.42 Å². The first-order chi connectivity index (χ1) is 4.45. The first-order valence-corrected chi connectivity index (χ1v) is 3.97. The topological polar surface area (TPSA) is 72.8 Å². The van der Waals surface area contributed by atoms with Gasteiger partial charge < -0.3 is 4.74 Å². The lowest BCUT2D eigenvalue weighted by molar-refractivity contribution is 0.0873. The fourth-order valence-corrected chi connectivity index (χ4v) is 0.941. The molecule has 0 aliphatic heterocycles. The molecule has 1 atom stereocenters. The van der Waals surface area contributed by atoms with Crippen molar-refractivity contribution >= 4 is 10.4 Å². The number of hydrogen-bond donors (Lipinski definition) is 1. The van der Waals surface area contributed by atoms with E-state index in [0.717, 1.165) is 0 Å². The van der Waals surface area contributed by atoms with E-state index in [-0.39, 0.29) is 6.61 Å². The number of ether oxygens (including phenoxy) is 1. The molecule has 0 saturated carbocycles. The van der Waals surface area contributed by atoms with Crippen molar-refractivity contribution in [1.82, 2.24) is 0 Å². The van der Waals surface area contributed by atoms with E-state index in [1.807, 2.05) is 0 Å². The minimum absolute atomic E-state index is 0.125. The zero-order chi connectivity index (χ0) is 8.20. The van der Waals surface area contributed by atoms with E-state index in [1.165, 1.54) is 14.0 Å². The van der Waals surface area contributed by atoms with Crippen LogP contribution in [0.1, 0.15) is 6.92 Å². The highest BCUT2D eigenvalue weighted by Crippen LogP contribution is 1.95. The number of rotatable bonds is 4. The molecule has 0 aromatic heterocycles. The van der Waals surface area contributed by atoms with Gasteiger partial charge in [-0.3, -0.25) is 4.55 Å². The van der Waals surface area contributed by atoms with Gasteiger partial charge in [0.25, 0.3) is 0 Å². The molecule has 0 rings (SSSR count). The molecule has 0 spiro atoms. The Morgan fingerprint density at radius 2 is 2.10 bits per heavy atom. The van der Waals surface area contributed by atoms with Crippen LogP contribution < -0.4 is 0 Å². The van der Waals surface area contributed by atoms with Crippen LogP contribution in [0.2, 0.25) is 0 Å². The Kier molecular flexibility index (Phi) is 3.80. The second kappa shape index (κ2) is 3.87. The zero-order valence-electron chi connectivity index (χ0n) is 5.77. The van der Waals surface area contributed by atoms with Crippen molar-refractivity contribution in [2.24, 2.45) is 0 Å². The zero-order valence-corrected chi connectivity index (χ0v) is 6.59. The highest BCUT2D eigenvalue weighted by molar-refractivity contribution is 7.80. The third-order valence-corrected chi connectivity index (χ3v) is 1.26. The summed E-state index contributed by atoms with van der Waals surface area (Å²) in [5.41, 5.74) is 0. The third-order valence-electron chi connectivity index (χ3n) is 0.687. The molecular formula is C4H10O5S. The molecule has 62 valence electrons. The van der Waals surface area contributed by atoms with Crippen molar-refractivity contribution in [2.45, 2.75) is 13.0 Å². The van der Waals surface area contributed by atoms with Crippen molar-refractivity contribution in [2.75, 3.05) is 13.7 Å². The normalized spacial score (nSPS) is 15.1. The van der Waals surface area contributed by atoms with Crippen LogP contribution >= 0.6 is 0 Å². The van der Waals surface area contributed by atoms with E-state index in [1.54, 1.807) is 0 Å². The highest BCUT2D eigenvalue weighted by Gasteiger charge is 2.10. The Balaban J connectivity index is 3.69. The molecule has 0 amide bonds. The maximum absolute atomic E-state index is 9.99. The lowest BCUT2D eigenvalue weighted by Gasteiger charge is -2.06. The summed E-state index contributed by atoms with van der Waals surface area (Å²) in [7, 11) is -2.92. The van der Waals surface area contributed by atoms with Crippen LogP contribution in [0.5, 0.6) is 0 Å². The van der Waals surface area contributed by atoms with Gasteiger partial charge in [-0.05, 0) is 6.92 Å². The van der Waals surface area contributed by atoms with Crippen molar-refractivity contribution in [3.05, 3.63) is 0 Å². The molecule has 0 aliphatic carbocycles. The minimum Gasteiger partial charge on any atom is -0.382 e. The van der Waals surface area contributed by atoms with E-state index >= 15 is 0 Å². The van der Waals surface area contributed by atoms with Gasteiger partial charge in [0.05, 0.1) is 12.7 Å². The number of hydrogen-bond acceptors (Lipinski definition) is 4. The summed E-state index contributed by atoms with van der Waals surface area (Å²) in [5.74, 6) is 0. The van der Waals surface area contributed by atoms with E-state index in [2.05, 4.69) is 8.92 Å². The SMILES string of the molecule is COCC(C)OS(=O)(=O)O. The average Bonchev–Trinajstić information content (AvgIpc) is 1.59. The van der Waals surface area contributed by atoms with E-state index < -0.39 is 16.5 Å². The maximum Gasteiger partial charge on any atom is 0.397 e. The Morgan fingerprint density at radius 1 is 1.60 bits per heavy atom. The Labute approximate surface area is 59.9 Å². The van der Waals surface area contributed by atoms with Crippen molar-refractivity contribution in [3.63, 3.8) is 0 Å². The fraction of sp³-hybridized carbons (Fsp3) is 1.00. The Bertz CT molecular complexity index is 172. The predicted octanol–water partition coefficient (Wildman–Crippen LogP) is -0.159. The van der Waals surface area contributed by atoms with Gasteiger partial charge in [0.1, 0.15) is 0 Å². The Hall–Kier alpha value is -0.170. The first kappa shape index (κ1) is 9.83. The third kappa shape index (κ3) is 5.96. The van der Waals surface area contributed by atoms with Crippen molar-refractivity contribution < 1.29 is 21.9 Å². The molecule has 10 heavy (non-hydrogen) atoms. The summed E-state index contributed by atoms with van der Waals surface area (Å²) in [6.45, 7) is 1.59. The largest absolute Gasteiger partial charge is 0.397 e. The summed E-state index contributed by atoms with van der Waals surface area (Å²) in [6.07, 6.45) is -0.653. The van der Waals surface area contributed by atoms with Crippen LogP contribution in [0.25, 0.3) is 0 Å². The monoisotopic (exact) mass is 170 g/mol. The van der Waals surface area contributed by atoms with Crippen molar-refractivity contribution in [1.29, 1.82) is 0 Å². The minimum atomic E-state index is -4.33. The summed E-state index contributed by atoms with van der Waals surface area (Å²) in [4.78, 5) is 0. The fourth-order valence-electron chi connectivity index (χ4n) is 0.470. The highest BCUT2D eigenvalue weighted by atomic mass is 32.3. The van der Waals surface area contributed by atoms with Crippen LogP contribution in [0, 0.1) is 0 Å². The van der Waals surface area contributed by atoms with Gasteiger partial charge in [-0.2, -0.15) is 8.42 Å². The van der Waals surface area contributed by atoms with Crippen molar-refractivity contribution in [3.8, 4) is 0 Å². The summed E-state index contributed by atoms with van der Waals surface area (Å²) < 4.78 is 36.7. The molecule has 6 heteroatoms. The smallest absolute Gasteiger partial charge is 0.382 e. The van der Waals surface area contributed by atoms with Gasteiger partial charge in [-0.25, -0.2) is 4.18 Å². The second-order valence-electron chi connectivity index (χ2n) is 1.79. The van der Waals surface area contributed by atoms with Gasteiger partial charge in [-0.1, -0.05) is 0 Å². The van der Waals surface area contributed by atoms with Gasteiger partial charge >= 0.3 is 10.4 Å². The quantitative estimate of drug-likeness (QED) is 0.593. The van der Waals surface area contributed by atoms with Crippen LogP contribution in [0.3, 0.4) is 0 Å². The molecule has 0 aromatic rings. The molecule has 0 aliphatic rings. The van der Waals surface area contributed by atoms with E-state index in [4.69, 9.17) is 4.55 Å². The average molecular weight is 170 g/mol. The molecule has 0 aromatic carbocycles. The standard InChI is InChI=1S/C4H10O5S/c1-4(3-8-2)9-10(5,6)7/h4H,3H2,1-2H3,(H,5,6,7). The summed E-state index contributed by atoms with van der Waals surface area (Å²) >= 11 is 0. The van der Waals surface area contributed by atoms with Crippen LogP contribution in [-0.4, -0.2) is 32.8 Å². The maximum atomic E-state index is 9.99. The molecule has 1 N–H and O–H groups in total. The van der Waals surface area contributed by atoms with Gasteiger partial charge in [-0.15, -0.1) is 0 Å². The lowest BCUT2D eigenvalue weighted by atomic mass is 10.5. The summed E-state index contributed by atoms with van der Waals surface area (Å²) in [6, 6.07) is 0. The lowest BCUT2D eigenvalue weighted by Crippen LogP contribution is -2.18. The molecule has 1 unspecified atom stereocenters. The summed E-state index contributed by atoms with van der Waals surface area (Å²) in [5, 5.41) is 0. The number of methoxy groups -OCH3 is 1. The van der Waals surface area contributed by atoms with E-state index in [0.29, 0.717) is 0 Å². The molecule has 5 nitrogen and oxygen atoms in total. The van der Waals surface area contributed by atoms with Crippen LogP contribution in [-0.2, 0) is 19.3 Å². The Morgan fingerprint density at radius 3 is 2.40 bits per heavy atom. The first-order valence-electron chi connectivity index (χ1n) is 2.60. The predicted molar refractivity (Wildman–Crippen MR) is 34.0 cm³/mol. The molecule has 0 fully saturated rings. The van der Waals surface area contributed by atoms with Crippen LogP contribution in [0.15, 0.2) is 0 Å². The second-order valence-corrected chi connectivity index (χ2v) is 2.84. The molecule has 0 heterocycles. The molecule has 0 radical (unpaired) electrons. The van der Waals surface area contributed by atoms with Crippen LogP contribution in [0.4, 0.5) is 0 Å². The molecule has 0 saturated heterocycles. The molecular weight excluding hydrogens is 160 g/mol. The van der Waals surface area contributed by atoms with Gasteiger partial charge in [0, 0.05) is 7.11 Å². The van der Waals surface area contributed by atoms with Gasteiger partial charge in [0.15, 0.2) is 0 Å². The van der Waals surface area contributed by atoms with Gasteiger partial charge in [0.2, 0.25) is 0 Å². The molecule has 0 bridgehead atoms.